The van der Waals surface area contributed by atoms with E-state index in [2.05, 4.69) is 0 Å². The van der Waals surface area contributed by atoms with Gasteiger partial charge in [-0.05, 0) is 26.3 Å². The Bertz CT molecular complexity index is 1110. The Hall–Kier alpha value is -1.56. The van der Waals surface area contributed by atoms with Gasteiger partial charge < -0.3 is 39.0 Å². The summed E-state index contributed by atoms with van der Waals surface area (Å²) in [6.07, 6.45) is -2.22. The third-order valence-electron chi connectivity index (χ3n) is 10.6. The van der Waals surface area contributed by atoms with Crippen molar-refractivity contribution in [2.24, 2.45) is 29.1 Å². The standard InChI is InChI=1S/C27H38O10/c1-11-9-15-25(31)12(2)19(34-13(3)28)27(35-14(4)29)17(22(27,5)6)16(25)20-24(36-20)10-33-23(7,8)37-21(24)26(15,32)18(11)30/h9,12,15-21,30-32H,10H2,1-8H3/t12-,15+,16?,17-,18?,19-,20+,21-,24+,25+,26-,27-/m1/s1. The van der Waals surface area contributed by atoms with Crippen molar-refractivity contribution in [3.05, 3.63) is 11.6 Å². The van der Waals surface area contributed by atoms with Crippen LogP contribution in [0.1, 0.15) is 55.4 Å². The van der Waals surface area contributed by atoms with Crippen molar-refractivity contribution in [1.82, 2.24) is 0 Å². The van der Waals surface area contributed by atoms with E-state index in [0.717, 1.165) is 0 Å². The van der Waals surface area contributed by atoms with Gasteiger partial charge in [0.05, 0.1) is 18.3 Å². The van der Waals surface area contributed by atoms with Gasteiger partial charge in [0, 0.05) is 42.9 Å². The van der Waals surface area contributed by atoms with E-state index in [1.165, 1.54) is 13.8 Å². The van der Waals surface area contributed by atoms with Crippen LogP contribution in [0.4, 0.5) is 0 Å². The quantitative estimate of drug-likeness (QED) is 0.271. The van der Waals surface area contributed by atoms with Gasteiger partial charge in [-0.25, -0.2) is 0 Å². The highest BCUT2D eigenvalue weighted by Gasteiger charge is 2.93. The summed E-state index contributed by atoms with van der Waals surface area (Å²) in [5, 5.41) is 36.8. The van der Waals surface area contributed by atoms with Crippen LogP contribution < -0.4 is 0 Å². The molecular formula is C27H38O10. The molecule has 0 aromatic carbocycles. The molecule has 10 heteroatoms. The molecule has 0 bridgehead atoms. The molecule has 5 fully saturated rings. The number of fused-ring (bicyclic) bond motifs is 7. The third-order valence-corrected chi connectivity index (χ3v) is 10.6. The Balaban J connectivity index is 1.59. The first-order valence-corrected chi connectivity index (χ1v) is 13.1. The summed E-state index contributed by atoms with van der Waals surface area (Å²) in [5.74, 6) is -5.05. The summed E-state index contributed by atoms with van der Waals surface area (Å²) >= 11 is 0. The Labute approximate surface area is 216 Å². The summed E-state index contributed by atoms with van der Waals surface area (Å²) < 4.78 is 30.6. The molecular weight excluding hydrogens is 484 g/mol. The van der Waals surface area contributed by atoms with E-state index in [9.17, 15) is 24.9 Å². The summed E-state index contributed by atoms with van der Waals surface area (Å²) in [6.45, 7) is 13.5. The molecule has 2 aliphatic heterocycles. The molecule has 0 amide bonds. The van der Waals surface area contributed by atoms with Crippen LogP contribution in [0.25, 0.3) is 0 Å². The zero-order valence-corrected chi connectivity index (χ0v) is 22.6. The molecule has 0 radical (unpaired) electrons. The molecule has 206 valence electrons. The van der Waals surface area contributed by atoms with Crippen LogP contribution in [-0.2, 0) is 33.3 Å². The summed E-state index contributed by atoms with van der Waals surface area (Å²) in [7, 11) is 0. The lowest BCUT2D eigenvalue weighted by Gasteiger charge is -2.55. The van der Waals surface area contributed by atoms with Gasteiger partial charge in [0.1, 0.15) is 29.5 Å². The van der Waals surface area contributed by atoms with Crippen LogP contribution in [0.2, 0.25) is 0 Å². The van der Waals surface area contributed by atoms with Crippen LogP contribution in [0, 0.1) is 29.1 Å². The molecule has 3 saturated carbocycles. The zero-order valence-electron chi connectivity index (χ0n) is 22.6. The fourth-order valence-corrected chi connectivity index (χ4v) is 9.01. The van der Waals surface area contributed by atoms with Crippen LogP contribution in [0.5, 0.6) is 0 Å². The molecule has 2 unspecified atom stereocenters. The largest absolute Gasteiger partial charge is 0.458 e. The molecule has 10 nitrogen and oxygen atoms in total. The van der Waals surface area contributed by atoms with Crippen molar-refractivity contribution in [2.75, 3.05) is 6.61 Å². The molecule has 6 rings (SSSR count). The number of carbonyl (C=O) groups is 2. The van der Waals surface area contributed by atoms with Crippen molar-refractivity contribution in [1.29, 1.82) is 0 Å². The first-order chi connectivity index (χ1) is 16.9. The van der Waals surface area contributed by atoms with Gasteiger partial charge in [0.2, 0.25) is 0 Å². The zero-order chi connectivity index (χ0) is 27.3. The van der Waals surface area contributed by atoms with Crippen molar-refractivity contribution in [2.45, 2.75) is 108 Å². The number of rotatable bonds is 2. The Morgan fingerprint density at radius 3 is 2.30 bits per heavy atom. The van der Waals surface area contributed by atoms with Crippen molar-refractivity contribution in [3.8, 4) is 0 Å². The maximum absolute atomic E-state index is 12.9. The van der Waals surface area contributed by atoms with E-state index in [1.807, 2.05) is 13.8 Å². The highest BCUT2D eigenvalue weighted by molar-refractivity contribution is 5.69. The first-order valence-electron chi connectivity index (χ1n) is 13.1. The maximum Gasteiger partial charge on any atom is 0.303 e. The van der Waals surface area contributed by atoms with Gasteiger partial charge in [-0.3, -0.25) is 9.59 Å². The molecule has 3 N–H and O–H groups in total. The lowest BCUT2D eigenvalue weighted by atomic mass is 9.58. The molecule has 2 heterocycles. The fourth-order valence-electron chi connectivity index (χ4n) is 9.01. The minimum Gasteiger partial charge on any atom is -0.458 e. The van der Waals surface area contributed by atoms with E-state index in [-0.39, 0.29) is 6.61 Å². The molecule has 1 spiro atoms. The van der Waals surface area contributed by atoms with Crippen LogP contribution in [-0.4, -0.2) is 86.5 Å². The average Bonchev–Trinajstić information content (AvgIpc) is 3.58. The smallest absolute Gasteiger partial charge is 0.303 e. The second-order valence-corrected chi connectivity index (χ2v) is 13.2. The lowest BCUT2D eigenvalue weighted by molar-refractivity contribution is -0.344. The highest BCUT2D eigenvalue weighted by atomic mass is 16.8. The molecule has 37 heavy (non-hydrogen) atoms. The number of ether oxygens (including phenoxy) is 5. The van der Waals surface area contributed by atoms with Crippen molar-refractivity contribution in [3.63, 3.8) is 0 Å². The van der Waals surface area contributed by atoms with Gasteiger partial charge >= 0.3 is 11.9 Å². The predicted molar refractivity (Wildman–Crippen MR) is 126 cm³/mol. The topological polar surface area (TPSA) is 144 Å². The second kappa shape index (κ2) is 6.95. The van der Waals surface area contributed by atoms with Crippen molar-refractivity contribution >= 4 is 11.9 Å². The van der Waals surface area contributed by atoms with Gasteiger partial charge in [-0.15, -0.1) is 0 Å². The fraction of sp³-hybridized carbons (Fsp3) is 0.852. The Kier molecular flexibility index (Phi) is 4.83. The summed E-state index contributed by atoms with van der Waals surface area (Å²) in [6, 6.07) is 0. The van der Waals surface area contributed by atoms with Gasteiger partial charge in [0.25, 0.3) is 0 Å². The molecule has 6 aliphatic rings. The molecule has 4 aliphatic carbocycles. The number of epoxide rings is 1. The highest BCUT2D eigenvalue weighted by Crippen LogP contribution is 2.80. The number of aliphatic hydroxyl groups is 3. The normalized spacial score (nSPS) is 55.7. The molecule has 2 saturated heterocycles. The second-order valence-electron chi connectivity index (χ2n) is 13.2. The van der Waals surface area contributed by atoms with E-state index in [1.54, 1.807) is 33.8 Å². The maximum atomic E-state index is 12.9. The van der Waals surface area contributed by atoms with E-state index < -0.39 is 93.6 Å². The Morgan fingerprint density at radius 1 is 1.05 bits per heavy atom. The molecule has 0 aromatic rings. The molecule has 0 aromatic heterocycles. The number of hydrogen-bond donors (Lipinski definition) is 3. The Morgan fingerprint density at radius 2 is 1.70 bits per heavy atom. The van der Waals surface area contributed by atoms with E-state index in [0.29, 0.717) is 5.57 Å². The third kappa shape index (κ3) is 2.72. The molecule has 12 atom stereocenters. The number of esters is 2. The summed E-state index contributed by atoms with van der Waals surface area (Å²) in [5.41, 5.74) is -6.17. The monoisotopic (exact) mass is 522 g/mol. The minimum atomic E-state index is -1.95. The van der Waals surface area contributed by atoms with Crippen molar-refractivity contribution < 1.29 is 48.6 Å². The van der Waals surface area contributed by atoms with Gasteiger partial charge in [-0.1, -0.05) is 26.8 Å². The average molecular weight is 523 g/mol. The van der Waals surface area contributed by atoms with Crippen LogP contribution in [0.3, 0.4) is 0 Å². The van der Waals surface area contributed by atoms with Crippen LogP contribution >= 0.6 is 0 Å². The van der Waals surface area contributed by atoms with Crippen LogP contribution in [0.15, 0.2) is 11.6 Å². The first kappa shape index (κ1) is 25.7. The lowest BCUT2D eigenvalue weighted by Crippen LogP contribution is -2.71. The SMILES string of the molecule is CC(=O)O[C@@H]1[C@@H](C)[C@@]2(O)C([C@@H]3C(C)(C)[C@]13OC(C)=O)[C@@H]1O[C@@]13COC(C)(C)O[C@H]3[C@]1(O)C(O)C(C)=C[C@@H]21. The van der Waals surface area contributed by atoms with Gasteiger partial charge in [-0.2, -0.15) is 0 Å². The number of carbonyl (C=O) groups excluding carboxylic acids is 2. The number of aliphatic hydroxyl groups excluding tert-OH is 1. The summed E-state index contributed by atoms with van der Waals surface area (Å²) in [4.78, 5) is 24.7. The number of hydrogen-bond acceptors (Lipinski definition) is 10. The van der Waals surface area contributed by atoms with E-state index >= 15 is 0 Å². The predicted octanol–water partition coefficient (Wildman–Crippen LogP) is 0.844. The van der Waals surface area contributed by atoms with E-state index in [4.69, 9.17) is 23.7 Å². The van der Waals surface area contributed by atoms with Gasteiger partial charge in [0.15, 0.2) is 11.4 Å². The minimum absolute atomic E-state index is 0.0954.